The van der Waals surface area contributed by atoms with E-state index < -0.39 is 0 Å². The van der Waals surface area contributed by atoms with Crippen LogP contribution in [0.1, 0.15) is 48.5 Å². The van der Waals surface area contributed by atoms with Crippen LogP contribution in [-0.2, 0) is 0 Å². The molecule has 1 aromatic rings. The highest BCUT2D eigenvalue weighted by atomic mass is 16.5. The number of carbonyl (C=O) groups excluding carboxylic acids is 1. The van der Waals surface area contributed by atoms with Crippen molar-refractivity contribution in [1.82, 2.24) is 0 Å². The van der Waals surface area contributed by atoms with Crippen LogP contribution in [0.2, 0.25) is 0 Å². The van der Waals surface area contributed by atoms with E-state index in [0.29, 0.717) is 17.4 Å². The number of aldehydes is 1. The molecule has 0 aromatic heterocycles. The van der Waals surface area contributed by atoms with Crippen LogP contribution in [0, 0.1) is 5.92 Å². The van der Waals surface area contributed by atoms with E-state index in [1.54, 1.807) is 0 Å². The summed E-state index contributed by atoms with van der Waals surface area (Å²) in [6, 6.07) is 5.89. The van der Waals surface area contributed by atoms with Crippen LogP contribution < -0.4 is 4.74 Å². The second-order valence-electron chi connectivity index (χ2n) is 4.82. The summed E-state index contributed by atoms with van der Waals surface area (Å²) in [5, 5.41) is 0. The smallest absolute Gasteiger partial charge is 0.153 e. The molecule has 0 spiro atoms. The number of carbonyl (C=O) groups is 1. The predicted molar refractivity (Wildman–Crippen MR) is 64.1 cm³/mol. The van der Waals surface area contributed by atoms with E-state index in [9.17, 15) is 4.79 Å². The summed E-state index contributed by atoms with van der Waals surface area (Å²) in [7, 11) is 0. The quantitative estimate of drug-likeness (QED) is 0.708. The van der Waals surface area contributed by atoms with Gasteiger partial charge in [0, 0.05) is 0 Å². The molecular weight excluding hydrogens is 200 g/mol. The molecule has 16 heavy (non-hydrogen) atoms. The van der Waals surface area contributed by atoms with Gasteiger partial charge in [-0.1, -0.05) is 19.9 Å². The lowest BCUT2D eigenvalue weighted by Gasteiger charge is -2.11. The van der Waals surface area contributed by atoms with Crippen LogP contribution in [0.4, 0.5) is 0 Å². The maximum Gasteiger partial charge on any atom is 0.153 e. The van der Waals surface area contributed by atoms with Gasteiger partial charge in [-0.3, -0.25) is 4.79 Å². The third-order valence-electron chi connectivity index (χ3n) is 3.00. The standard InChI is InChI=1S/C14H18O2/c1-10(2)12-5-6-14(13(7-12)8-15)16-9-11-3-4-11/h5-8,10-11H,3-4,9H2,1-2H3. The number of ether oxygens (including phenoxy) is 1. The summed E-state index contributed by atoms with van der Waals surface area (Å²) in [5.41, 5.74) is 1.85. The molecule has 2 heteroatoms. The molecule has 0 radical (unpaired) electrons. The monoisotopic (exact) mass is 218 g/mol. The minimum absolute atomic E-state index is 0.441. The van der Waals surface area contributed by atoms with Gasteiger partial charge in [0.25, 0.3) is 0 Å². The lowest BCUT2D eigenvalue weighted by Crippen LogP contribution is -2.02. The van der Waals surface area contributed by atoms with Crippen LogP contribution in [0.15, 0.2) is 18.2 Å². The summed E-state index contributed by atoms with van der Waals surface area (Å²) in [6.07, 6.45) is 3.41. The Labute approximate surface area is 96.6 Å². The molecular formula is C14H18O2. The zero-order valence-electron chi connectivity index (χ0n) is 9.90. The maximum absolute atomic E-state index is 11.0. The SMILES string of the molecule is CC(C)c1ccc(OCC2CC2)c(C=O)c1. The van der Waals surface area contributed by atoms with E-state index in [4.69, 9.17) is 4.74 Å². The molecule has 0 amide bonds. The first-order valence-corrected chi connectivity index (χ1v) is 5.92. The summed E-state index contributed by atoms with van der Waals surface area (Å²) in [6.45, 7) is 4.99. The molecule has 2 rings (SSSR count). The first-order valence-electron chi connectivity index (χ1n) is 5.92. The van der Waals surface area contributed by atoms with Gasteiger partial charge >= 0.3 is 0 Å². The van der Waals surface area contributed by atoms with Gasteiger partial charge in [0.2, 0.25) is 0 Å². The second-order valence-corrected chi connectivity index (χ2v) is 4.82. The van der Waals surface area contributed by atoms with E-state index in [1.807, 2.05) is 18.2 Å². The van der Waals surface area contributed by atoms with E-state index in [0.717, 1.165) is 18.6 Å². The van der Waals surface area contributed by atoms with Gasteiger partial charge in [0.05, 0.1) is 12.2 Å². The van der Waals surface area contributed by atoms with Crippen molar-refractivity contribution in [3.8, 4) is 5.75 Å². The van der Waals surface area contributed by atoms with Gasteiger partial charge < -0.3 is 4.74 Å². The van der Waals surface area contributed by atoms with Gasteiger partial charge in [-0.05, 0) is 42.4 Å². The Morgan fingerprint density at radius 2 is 2.19 bits per heavy atom. The van der Waals surface area contributed by atoms with Crippen molar-refractivity contribution in [3.63, 3.8) is 0 Å². The van der Waals surface area contributed by atoms with Gasteiger partial charge in [0.15, 0.2) is 6.29 Å². The number of rotatable bonds is 5. The van der Waals surface area contributed by atoms with Crippen molar-refractivity contribution in [2.45, 2.75) is 32.6 Å². The summed E-state index contributed by atoms with van der Waals surface area (Å²) in [5.74, 6) is 1.88. The highest BCUT2D eigenvalue weighted by molar-refractivity contribution is 5.79. The van der Waals surface area contributed by atoms with Crippen molar-refractivity contribution in [2.24, 2.45) is 5.92 Å². The lowest BCUT2D eigenvalue weighted by molar-refractivity contribution is 0.111. The molecule has 0 unspecified atom stereocenters. The van der Waals surface area contributed by atoms with Crippen molar-refractivity contribution in [1.29, 1.82) is 0 Å². The normalized spacial score (nSPS) is 15.2. The molecule has 0 N–H and O–H groups in total. The van der Waals surface area contributed by atoms with Crippen LogP contribution in [0.25, 0.3) is 0 Å². The predicted octanol–water partition coefficient (Wildman–Crippen LogP) is 3.41. The maximum atomic E-state index is 11.0. The van der Waals surface area contributed by atoms with Crippen molar-refractivity contribution >= 4 is 6.29 Å². The van der Waals surface area contributed by atoms with Crippen molar-refractivity contribution < 1.29 is 9.53 Å². The first-order chi connectivity index (χ1) is 7.70. The molecule has 86 valence electrons. The van der Waals surface area contributed by atoms with Crippen LogP contribution in [0.3, 0.4) is 0 Å². The Morgan fingerprint density at radius 1 is 1.44 bits per heavy atom. The summed E-state index contributed by atoms with van der Waals surface area (Å²) < 4.78 is 5.66. The minimum Gasteiger partial charge on any atom is -0.493 e. The van der Waals surface area contributed by atoms with E-state index >= 15 is 0 Å². The Kier molecular flexibility index (Phi) is 3.28. The minimum atomic E-state index is 0.441. The zero-order valence-corrected chi connectivity index (χ0v) is 9.90. The molecule has 1 saturated carbocycles. The van der Waals surface area contributed by atoms with Crippen LogP contribution in [-0.4, -0.2) is 12.9 Å². The third-order valence-corrected chi connectivity index (χ3v) is 3.00. The third kappa shape index (κ3) is 2.63. The second kappa shape index (κ2) is 4.69. The number of benzene rings is 1. The number of hydrogen-bond donors (Lipinski definition) is 0. The molecule has 2 nitrogen and oxygen atoms in total. The van der Waals surface area contributed by atoms with Gasteiger partial charge in [-0.2, -0.15) is 0 Å². The summed E-state index contributed by atoms with van der Waals surface area (Å²) >= 11 is 0. The van der Waals surface area contributed by atoms with E-state index in [1.165, 1.54) is 18.4 Å². The molecule has 0 heterocycles. The van der Waals surface area contributed by atoms with Gasteiger partial charge in [0.1, 0.15) is 5.75 Å². The molecule has 1 aliphatic rings. The van der Waals surface area contributed by atoms with Crippen molar-refractivity contribution in [2.75, 3.05) is 6.61 Å². The van der Waals surface area contributed by atoms with Gasteiger partial charge in [-0.25, -0.2) is 0 Å². The largest absolute Gasteiger partial charge is 0.493 e. The highest BCUT2D eigenvalue weighted by Crippen LogP contribution is 2.30. The van der Waals surface area contributed by atoms with Gasteiger partial charge in [-0.15, -0.1) is 0 Å². The molecule has 0 saturated heterocycles. The average molecular weight is 218 g/mol. The Balaban J connectivity index is 2.12. The Morgan fingerprint density at radius 3 is 2.75 bits per heavy atom. The van der Waals surface area contributed by atoms with Crippen LogP contribution in [0.5, 0.6) is 5.75 Å². The molecule has 0 bridgehead atoms. The highest BCUT2D eigenvalue weighted by Gasteiger charge is 2.22. The Hall–Kier alpha value is -1.31. The molecule has 1 fully saturated rings. The average Bonchev–Trinajstić information content (AvgIpc) is 3.09. The topological polar surface area (TPSA) is 26.3 Å². The lowest BCUT2D eigenvalue weighted by atomic mass is 10.0. The molecule has 1 aliphatic carbocycles. The van der Waals surface area contributed by atoms with E-state index in [2.05, 4.69) is 13.8 Å². The summed E-state index contributed by atoms with van der Waals surface area (Å²) in [4.78, 5) is 11.0. The Bertz CT molecular complexity index is 378. The molecule has 0 aliphatic heterocycles. The zero-order chi connectivity index (χ0) is 11.5. The first kappa shape index (κ1) is 11.2. The van der Waals surface area contributed by atoms with E-state index in [-0.39, 0.29) is 0 Å². The van der Waals surface area contributed by atoms with Crippen molar-refractivity contribution in [3.05, 3.63) is 29.3 Å². The number of hydrogen-bond acceptors (Lipinski definition) is 2. The molecule has 1 aromatic carbocycles. The fraction of sp³-hybridized carbons (Fsp3) is 0.500. The fourth-order valence-electron chi connectivity index (χ4n) is 1.64. The fourth-order valence-corrected chi connectivity index (χ4v) is 1.64. The van der Waals surface area contributed by atoms with Crippen LogP contribution >= 0.6 is 0 Å². The molecule has 0 atom stereocenters.